The molecule has 31 heteroatoms. The van der Waals surface area contributed by atoms with Crippen molar-refractivity contribution in [2.75, 3.05) is 82.1 Å². The maximum atomic E-state index is 13.1. The van der Waals surface area contributed by atoms with Crippen molar-refractivity contribution in [3.63, 3.8) is 0 Å². The lowest BCUT2D eigenvalue weighted by atomic mass is 9.64. The van der Waals surface area contributed by atoms with Gasteiger partial charge in [0.15, 0.2) is 0 Å². The number of amides is 1. The highest BCUT2D eigenvalue weighted by Crippen LogP contribution is 2.42. The Morgan fingerprint density at radius 1 is 0.565 bits per heavy atom. The first-order valence-corrected chi connectivity index (χ1v) is 35.2. The molecule has 1 heterocycles. The van der Waals surface area contributed by atoms with Crippen molar-refractivity contribution in [1.82, 2.24) is 51.7 Å². The fourth-order valence-corrected chi connectivity index (χ4v) is 11.7. The van der Waals surface area contributed by atoms with Crippen molar-refractivity contribution >= 4 is 70.5 Å². The highest BCUT2D eigenvalue weighted by atomic mass is 32.2. The number of nitrogens with zero attached hydrogens (tertiary/aromatic N) is 6. The van der Waals surface area contributed by atoms with Crippen molar-refractivity contribution in [1.29, 1.82) is 0 Å². The zero-order chi connectivity index (χ0) is 68.6. The largest absolute Gasteiger partial charge is 0.390 e. The average Bonchev–Trinajstić information content (AvgIpc) is 4.29. The minimum Gasteiger partial charge on any atom is -0.390 e. The number of aliphatic hydroxyl groups excluding tert-OH is 4. The van der Waals surface area contributed by atoms with E-state index in [2.05, 4.69) is 61.0 Å². The molecular formula is C54H127N12O13P3S3. The molecule has 1 saturated heterocycles. The van der Waals surface area contributed by atoms with Crippen LogP contribution in [0.2, 0.25) is 0 Å². The number of rotatable bonds is 34. The summed E-state index contributed by atoms with van der Waals surface area (Å²) >= 11 is 0. The molecule has 0 saturated carbocycles. The third-order valence-electron chi connectivity index (χ3n) is 17.0. The number of Topliss-reactive ketones (excluding diaryl/α,β-unsaturated/α-hetero) is 1. The average molecular weight is 1340 g/mol. The fraction of sp³-hybridized carbons (Fsp3) is 0.963. The molecule has 1 aliphatic rings. The van der Waals surface area contributed by atoms with Gasteiger partial charge in [0, 0.05) is 127 Å². The summed E-state index contributed by atoms with van der Waals surface area (Å²) in [5.41, 5.74) is 2.56. The maximum absolute atomic E-state index is 13.1. The minimum absolute atomic E-state index is 0.00979. The lowest BCUT2D eigenvalue weighted by Gasteiger charge is -2.41. The molecule has 13 atom stereocenters. The Balaban J connectivity index is -0.000000529. The lowest BCUT2D eigenvalue weighted by Crippen LogP contribution is -2.55. The Hall–Kier alpha value is -0.360. The van der Waals surface area contributed by atoms with Crippen LogP contribution < -0.4 is 31.6 Å². The summed E-state index contributed by atoms with van der Waals surface area (Å²) in [6, 6.07) is -0.716. The molecule has 11 N–H and O–H groups in total. The number of carbonyl (C=O) groups excluding carboxylic acids is 2. The molecule has 514 valence electrons. The van der Waals surface area contributed by atoms with Gasteiger partial charge in [-0.15, -0.1) is 0 Å². The minimum atomic E-state index is -3.78. The van der Waals surface area contributed by atoms with E-state index in [1.807, 2.05) is 104 Å². The van der Waals surface area contributed by atoms with Crippen LogP contribution in [-0.4, -0.2) is 243 Å². The predicted molar refractivity (Wildman–Crippen MR) is 359 cm³/mol. The summed E-state index contributed by atoms with van der Waals surface area (Å²) in [7, 11) is 7.02. The van der Waals surface area contributed by atoms with Crippen LogP contribution in [0.25, 0.3) is 0 Å². The second-order valence-electron chi connectivity index (χ2n) is 25.8. The number of epoxide rings is 1. The molecule has 1 amide bonds. The summed E-state index contributed by atoms with van der Waals surface area (Å²) in [5, 5.41) is 53.8. The second-order valence-corrected chi connectivity index (χ2v) is 33.0. The number of likely N-dealkylation sites (N-methyl/N-ethyl adjacent to an activating group) is 4. The van der Waals surface area contributed by atoms with E-state index in [1.165, 1.54) is 45.4 Å². The van der Waals surface area contributed by atoms with Gasteiger partial charge in [-0.25, -0.2) is 0 Å². The molecular weight excluding hydrogens is 1210 g/mol. The zero-order valence-electron chi connectivity index (χ0n) is 57.4. The first-order chi connectivity index (χ1) is 38.2. The van der Waals surface area contributed by atoms with E-state index in [0.717, 1.165) is 15.2 Å². The summed E-state index contributed by atoms with van der Waals surface area (Å²) in [6.45, 7) is 38.5. The van der Waals surface area contributed by atoms with Crippen LogP contribution in [0.3, 0.4) is 0 Å². The van der Waals surface area contributed by atoms with E-state index in [0.29, 0.717) is 38.0 Å². The lowest BCUT2D eigenvalue weighted by molar-refractivity contribution is -0.139. The topological polar surface area (TPSA) is 336 Å². The van der Waals surface area contributed by atoms with Gasteiger partial charge in [0.1, 0.15) is 5.78 Å². The molecule has 8 unspecified atom stereocenters. The van der Waals surface area contributed by atoms with E-state index in [1.54, 1.807) is 48.7 Å². The third-order valence-corrected chi connectivity index (χ3v) is 25.0. The number of nitrogens with one attached hydrogen (secondary N) is 5. The number of hydrogen-bond acceptors (Lipinski definition) is 18. The molecule has 0 bridgehead atoms. The number of aliphatic hydroxyl groups is 4. The Morgan fingerprint density at radius 2 is 0.871 bits per heavy atom. The maximum Gasteiger partial charge on any atom is 0.282 e. The van der Waals surface area contributed by atoms with Crippen LogP contribution in [0.1, 0.15) is 164 Å². The van der Waals surface area contributed by atoms with Crippen molar-refractivity contribution in [3.8, 4) is 0 Å². The SMILES string of the molecule is CCC(C)(C)N(C)S(=O)(=O)N(C)CC(O)[C@H](C)N.CCC(C)(C)N(C)S(=O)(=O)N(C)CC(O)[C@H](C)NC(=O)C(C)(C)C(C)(C)CC(=O)C(C)C.CCC(C)(C)N(C)S(=O)(=O)N(C)CC(O)[C@H](C)NP.CNCC(O)[C@H](C)NP.C[C@H](NP)C1CO1. The van der Waals surface area contributed by atoms with Crippen molar-refractivity contribution in [3.05, 3.63) is 0 Å². The number of ether oxygens (including phenoxy) is 1. The first-order valence-electron chi connectivity index (χ1n) is 29.2. The predicted octanol–water partition coefficient (Wildman–Crippen LogP) is 2.71. The molecule has 1 fully saturated rings. The summed E-state index contributed by atoms with van der Waals surface area (Å²) in [4.78, 5) is 25.3. The summed E-state index contributed by atoms with van der Waals surface area (Å²) in [5.74, 6) is -0.308. The number of ketones is 1. The van der Waals surface area contributed by atoms with Gasteiger partial charge in [-0.05, 0) is 108 Å². The van der Waals surface area contributed by atoms with Crippen LogP contribution in [0, 0.1) is 16.7 Å². The normalized spacial score (nSPS) is 17.9. The molecule has 0 spiro atoms. The smallest absolute Gasteiger partial charge is 0.282 e. The molecule has 0 aromatic carbocycles. The van der Waals surface area contributed by atoms with Gasteiger partial charge in [-0.1, -0.05) is 90.5 Å². The van der Waals surface area contributed by atoms with Gasteiger partial charge in [-0.2, -0.15) is 51.1 Å². The summed E-state index contributed by atoms with van der Waals surface area (Å²) < 4.78 is 87.6. The van der Waals surface area contributed by atoms with Gasteiger partial charge in [0.2, 0.25) is 5.91 Å². The molecule has 0 radical (unpaired) electrons. The van der Waals surface area contributed by atoms with E-state index in [9.17, 15) is 55.3 Å². The van der Waals surface area contributed by atoms with Crippen molar-refractivity contribution in [2.45, 2.75) is 242 Å². The Kier molecular flexibility index (Phi) is 42.7. The Morgan fingerprint density at radius 3 is 1.12 bits per heavy atom. The van der Waals surface area contributed by atoms with E-state index < -0.39 is 88.5 Å². The number of nitrogens with two attached hydrogens (primary N) is 1. The van der Waals surface area contributed by atoms with Crippen molar-refractivity contribution < 1.29 is 60.0 Å². The zero-order valence-corrected chi connectivity index (χ0v) is 63.3. The highest BCUT2D eigenvalue weighted by Gasteiger charge is 2.46. The Bertz CT molecular complexity index is 2240. The molecule has 1 aliphatic heterocycles. The number of hydrogen-bond donors (Lipinski definition) is 10. The van der Waals surface area contributed by atoms with Gasteiger partial charge in [0.05, 0.1) is 43.2 Å². The van der Waals surface area contributed by atoms with Gasteiger partial charge >= 0.3 is 0 Å². The van der Waals surface area contributed by atoms with Gasteiger partial charge in [0.25, 0.3) is 30.6 Å². The molecule has 0 aromatic heterocycles. The Labute approximate surface area is 525 Å². The second kappa shape index (κ2) is 39.9. The van der Waals surface area contributed by atoms with E-state index >= 15 is 0 Å². The van der Waals surface area contributed by atoms with Crippen LogP contribution in [0.5, 0.6) is 0 Å². The molecule has 25 nitrogen and oxygen atoms in total. The number of carbonyl (C=O) groups is 2. The van der Waals surface area contributed by atoms with Crippen LogP contribution in [-0.2, 0) is 45.0 Å². The van der Waals surface area contributed by atoms with Crippen molar-refractivity contribution in [2.24, 2.45) is 22.5 Å². The molecule has 0 aliphatic carbocycles. The van der Waals surface area contributed by atoms with Crippen LogP contribution in [0.15, 0.2) is 0 Å². The van der Waals surface area contributed by atoms with E-state index in [-0.39, 0.29) is 61.9 Å². The third kappa shape index (κ3) is 30.8. The molecule has 1 rings (SSSR count). The summed E-state index contributed by atoms with van der Waals surface area (Å²) in [6.07, 6.45) is -0.260. The van der Waals surface area contributed by atoms with Gasteiger partial charge < -0.3 is 41.5 Å². The monoisotopic (exact) mass is 1340 g/mol. The first kappa shape index (κ1) is 91.1. The highest BCUT2D eigenvalue weighted by molar-refractivity contribution is 7.87. The fourth-order valence-electron chi connectivity index (χ4n) is 6.50. The van der Waals surface area contributed by atoms with Crippen LogP contribution >= 0.6 is 28.2 Å². The van der Waals surface area contributed by atoms with E-state index in [4.69, 9.17) is 10.5 Å². The van der Waals surface area contributed by atoms with Gasteiger partial charge in [-0.3, -0.25) is 24.9 Å². The molecule has 0 aromatic rings. The molecule has 85 heavy (non-hydrogen) atoms. The quantitative estimate of drug-likeness (QED) is 0.0327. The standard InChI is InChI=1S/C23H47N3O5S.C11H28N3O3PS.C11H27N3O3S.C5H15N2OP.C4H10NOP/c1-13-22(7,8)26(12)32(30,31)25(11)15-19(28)17(4)24-20(29)23(9,10)21(5,6)14-18(27)16(2)3;1-7-11(3,4)14(6)19(16,17)13(5)8-10(15)9(2)12-18;1-7-11(3,4)14(6)18(16,17)13(5)8-10(15)9(2)12;1-4(7-9)5(8)3-6-2;1-3(5-7)4-2-6-4/h16-17,19,28H,13-15H2,1-12H3,(H,24,29);9-10,12,15H,7-8,18H2,1-6H3;9-10,15H,7-8,12H2,1-6H3;4-8H,3,9H2,1-2H3;3-5H,2,7H2,1H3/t17-,19?;2*9-,10?;4-,5?;3-,4?/m00000/s1. The van der Waals surface area contributed by atoms with Crippen LogP contribution in [0.4, 0.5) is 0 Å².